The average Bonchev–Trinajstić information content (AvgIpc) is 2.50. The minimum atomic E-state index is 0.0211. The van der Waals surface area contributed by atoms with Crippen LogP contribution >= 0.6 is 23.4 Å². The molecule has 0 saturated heterocycles. The highest BCUT2D eigenvalue weighted by Crippen LogP contribution is 2.17. The van der Waals surface area contributed by atoms with Crippen molar-refractivity contribution >= 4 is 29.3 Å². The lowest BCUT2D eigenvalue weighted by molar-refractivity contribution is -0.120. The molecule has 0 aliphatic rings. The molecule has 0 radical (unpaired) electrons. The third kappa shape index (κ3) is 5.82. The number of hydrogen-bond acceptors (Lipinski definition) is 2. The molecule has 0 atom stereocenters. The molecule has 0 aliphatic heterocycles. The summed E-state index contributed by atoms with van der Waals surface area (Å²) in [4.78, 5) is 13.1. The van der Waals surface area contributed by atoms with Crippen molar-refractivity contribution in [3.8, 4) is 0 Å². The molecule has 2 aromatic carbocycles. The van der Waals surface area contributed by atoms with E-state index >= 15 is 0 Å². The molecule has 21 heavy (non-hydrogen) atoms. The number of amides is 1. The predicted octanol–water partition coefficient (Wildman–Crippen LogP) is 4.18. The van der Waals surface area contributed by atoms with Crippen molar-refractivity contribution in [2.75, 3.05) is 12.3 Å². The van der Waals surface area contributed by atoms with Gasteiger partial charge in [-0.1, -0.05) is 48.0 Å². The minimum absolute atomic E-state index is 0.0211. The molecule has 0 bridgehead atoms. The van der Waals surface area contributed by atoms with Gasteiger partial charge in [0.25, 0.3) is 0 Å². The van der Waals surface area contributed by atoms with Crippen LogP contribution in [-0.2, 0) is 11.2 Å². The Hall–Kier alpha value is -1.45. The number of halogens is 1. The van der Waals surface area contributed by atoms with Crippen LogP contribution in [0.15, 0.2) is 59.5 Å². The van der Waals surface area contributed by atoms with E-state index in [-0.39, 0.29) is 5.91 Å². The number of nitrogens with one attached hydrogen (secondary N) is 1. The summed E-state index contributed by atoms with van der Waals surface area (Å²) >= 11 is 7.84. The third-order valence-electron chi connectivity index (χ3n) is 2.96. The Kier molecular flexibility index (Phi) is 6.64. The lowest BCUT2D eigenvalue weighted by Crippen LogP contribution is -2.26. The van der Waals surface area contributed by atoms with Crippen molar-refractivity contribution in [1.82, 2.24) is 5.32 Å². The highest BCUT2D eigenvalue weighted by Gasteiger charge is 2.05. The maximum Gasteiger partial charge on any atom is 0.224 e. The molecule has 110 valence electrons. The first-order valence-corrected chi connectivity index (χ1v) is 8.30. The molecular formula is C17H18ClNOS. The Morgan fingerprint density at radius 1 is 1.05 bits per heavy atom. The van der Waals surface area contributed by atoms with E-state index in [1.165, 1.54) is 4.90 Å². The Labute approximate surface area is 134 Å². The Bertz CT molecular complexity index is 574. The van der Waals surface area contributed by atoms with Gasteiger partial charge in [-0.3, -0.25) is 4.79 Å². The summed E-state index contributed by atoms with van der Waals surface area (Å²) in [5, 5.41) is 3.58. The van der Waals surface area contributed by atoms with Crippen LogP contribution in [-0.4, -0.2) is 18.2 Å². The Morgan fingerprint density at radius 2 is 1.76 bits per heavy atom. The first-order chi connectivity index (χ1) is 10.3. The number of benzene rings is 2. The zero-order chi connectivity index (χ0) is 14.9. The summed E-state index contributed by atoms with van der Waals surface area (Å²) in [5.41, 5.74) is 0.871. The van der Waals surface area contributed by atoms with Gasteiger partial charge in [0.15, 0.2) is 0 Å². The zero-order valence-electron chi connectivity index (χ0n) is 11.7. The molecule has 0 spiro atoms. The molecule has 2 nitrogen and oxygen atoms in total. The number of hydrogen-bond donors (Lipinski definition) is 1. The van der Waals surface area contributed by atoms with E-state index in [0.29, 0.717) is 18.0 Å². The number of carbonyl (C=O) groups is 1. The molecule has 1 amide bonds. The van der Waals surface area contributed by atoms with Gasteiger partial charge >= 0.3 is 0 Å². The van der Waals surface area contributed by atoms with Crippen molar-refractivity contribution in [1.29, 1.82) is 0 Å². The quantitative estimate of drug-likeness (QED) is 0.612. The fraction of sp³-hybridized carbons (Fsp3) is 0.235. The van der Waals surface area contributed by atoms with Gasteiger partial charge in [-0.05, 0) is 35.9 Å². The highest BCUT2D eigenvalue weighted by atomic mass is 35.5. The molecule has 4 heteroatoms. The van der Waals surface area contributed by atoms with E-state index in [9.17, 15) is 4.79 Å². The average molecular weight is 320 g/mol. The van der Waals surface area contributed by atoms with E-state index < -0.39 is 0 Å². The van der Waals surface area contributed by atoms with E-state index in [0.717, 1.165) is 17.7 Å². The Balaban J connectivity index is 1.63. The van der Waals surface area contributed by atoms with Crippen molar-refractivity contribution < 1.29 is 4.79 Å². The molecule has 0 unspecified atom stereocenters. The lowest BCUT2D eigenvalue weighted by Gasteiger charge is -2.06. The second kappa shape index (κ2) is 8.75. The van der Waals surface area contributed by atoms with Gasteiger partial charge in [0.1, 0.15) is 0 Å². The molecule has 2 aromatic rings. The van der Waals surface area contributed by atoms with Crippen molar-refractivity contribution in [2.45, 2.75) is 17.7 Å². The van der Waals surface area contributed by atoms with Crippen molar-refractivity contribution in [3.63, 3.8) is 0 Å². The lowest BCUT2D eigenvalue weighted by atomic mass is 10.1. The number of rotatable bonds is 7. The van der Waals surface area contributed by atoms with Crippen LogP contribution in [0.25, 0.3) is 0 Å². The van der Waals surface area contributed by atoms with Gasteiger partial charge in [0.05, 0.1) is 6.42 Å². The molecule has 0 heterocycles. The highest BCUT2D eigenvalue weighted by molar-refractivity contribution is 7.99. The van der Waals surface area contributed by atoms with Gasteiger partial charge in [0.2, 0.25) is 5.91 Å². The molecule has 0 aromatic heterocycles. The van der Waals surface area contributed by atoms with E-state index in [1.54, 1.807) is 17.8 Å². The van der Waals surface area contributed by atoms with E-state index in [1.807, 2.05) is 36.4 Å². The van der Waals surface area contributed by atoms with Crippen molar-refractivity contribution in [3.05, 3.63) is 65.2 Å². The fourth-order valence-electron chi connectivity index (χ4n) is 1.88. The van der Waals surface area contributed by atoms with Crippen molar-refractivity contribution in [2.24, 2.45) is 0 Å². The van der Waals surface area contributed by atoms with Crippen LogP contribution in [0.4, 0.5) is 0 Å². The standard InChI is InChI=1S/C17H18ClNOS/c18-16-10-5-4-7-14(16)13-17(20)19-11-6-12-21-15-8-2-1-3-9-15/h1-5,7-10H,6,11-13H2,(H,19,20). The van der Waals surface area contributed by atoms with Crippen LogP contribution in [0.3, 0.4) is 0 Å². The van der Waals surface area contributed by atoms with Gasteiger partial charge in [0, 0.05) is 16.5 Å². The minimum Gasteiger partial charge on any atom is -0.356 e. The number of thioether (sulfide) groups is 1. The first-order valence-electron chi connectivity index (χ1n) is 6.93. The smallest absolute Gasteiger partial charge is 0.224 e. The molecule has 0 saturated carbocycles. The third-order valence-corrected chi connectivity index (χ3v) is 4.43. The summed E-state index contributed by atoms with van der Waals surface area (Å²) in [5.74, 6) is 1.02. The maximum atomic E-state index is 11.8. The molecule has 2 rings (SSSR count). The van der Waals surface area contributed by atoms with Crippen LogP contribution in [0.1, 0.15) is 12.0 Å². The molecule has 0 aliphatic carbocycles. The molecular weight excluding hydrogens is 302 g/mol. The number of carbonyl (C=O) groups excluding carboxylic acids is 1. The second-order valence-corrected chi connectivity index (χ2v) is 6.21. The largest absolute Gasteiger partial charge is 0.356 e. The van der Waals surface area contributed by atoms with Crippen LogP contribution < -0.4 is 5.32 Å². The molecule has 1 N–H and O–H groups in total. The summed E-state index contributed by atoms with van der Waals surface area (Å²) < 4.78 is 0. The normalized spacial score (nSPS) is 10.3. The van der Waals surface area contributed by atoms with Gasteiger partial charge in [-0.2, -0.15) is 0 Å². The SMILES string of the molecule is O=C(Cc1ccccc1Cl)NCCCSc1ccccc1. The summed E-state index contributed by atoms with van der Waals surface area (Å²) in [6.45, 7) is 0.698. The maximum absolute atomic E-state index is 11.8. The monoisotopic (exact) mass is 319 g/mol. The molecule has 0 fully saturated rings. The predicted molar refractivity (Wildman–Crippen MR) is 89.9 cm³/mol. The Morgan fingerprint density at radius 3 is 2.52 bits per heavy atom. The zero-order valence-corrected chi connectivity index (χ0v) is 13.3. The second-order valence-electron chi connectivity index (χ2n) is 4.63. The van der Waals surface area contributed by atoms with Gasteiger partial charge in [-0.15, -0.1) is 11.8 Å². The van der Waals surface area contributed by atoms with Crippen LogP contribution in [0.5, 0.6) is 0 Å². The van der Waals surface area contributed by atoms with Gasteiger partial charge in [-0.25, -0.2) is 0 Å². The summed E-state index contributed by atoms with van der Waals surface area (Å²) in [6, 6.07) is 17.7. The van der Waals surface area contributed by atoms with E-state index in [4.69, 9.17) is 11.6 Å². The summed E-state index contributed by atoms with van der Waals surface area (Å²) in [6.07, 6.45) is 1.29. The first kappa shape index (κ1) is 15.9. The van der Waals surface area contributed by atoms with Crippen LogP contribution in [0.2, 0.25) is 5.02 Å². The van der Waals surface area contributed by atoms with E-state index in [2.05, 4.69) is 17.4 Å². The fourth-order valence-corrected chi connectivity index (χ4v) is 2.96. The van der Waals surface area contributed by atoms with Crippen LogP contribution in [0, 0.1) is 0 Å². The van der Waals surface area contributed by atoms with Gasteiger partial charge < -0.3 is 5.32 Å². The summed E-state index contributed by atoms with van der Waals surface area (Å²) in [7, 11) is 0. The topological polar surface area (TPSA) is 29.1 Å².